The largest absolute Gasteiger partial charge is 0.337 e. The number of hydrogen-bond acceptors (Lipinski definition) is 5. The number of benzene rings is 2. The molecular formula is C22H17Cl2N3O5. The summed E-state index contributed by atoms with van der Waals surface area (Å²) >= 11 is 11.9. The Balaban J connectivity index is 1.53. The Labute approximate surface area is 193 Å². The van der Waals surface area contributed by atoms with Crippen molar-refractivity contribution in [2.75, 3.05) is 7.05 Å². The van der Waals surface area contributed by atoms with Crippen molar-refractivity contribution >= 4 is 52.7 Å². The zero-order valence-corrected chi connectivity index (χ0v) is 18.4. The number of rotatable bonds is 4. The Morgan fingerprint density at radius 1 is 1.03 bits per heavy atom. The predicted octanol–water partition coefficient (Wildman–Crippen LogP) is 2.67. The summed E-state index contributed by atoms with van der Waals surface area (Å²) in [6.45, 7) is 0.173. The van der Waals surface area contributed by atoms with Crippen LogP contribution in [0, 0.1) is 0 Å². The minimum atomic E-state index is -1.03. The summed E-state index contributed by atoms with van der Waals surface area (Å²) in [4.78, 5) is 64.3. The van der Waals surface area contributed by atoms with Crippen LogP contribution < -0.4 is 5.32 Å². The number of carbonyl (C=O) groups excluding carboxylic acids is 5. The molecule has 1 unspecified atom stereocenters. The van der Waals surface area contributed by atoms with Gasteiger partial charge in [0, 0.05) is 25.6 Å². The summed E-state index contributed by atoms with van der Waals surface area (Å²) in [7, 11) is 1.60. The van der Waals surface area contributed by atoms with E-state index in [9.17, 15) is 24.0 Å². The first-order valence-electron chi connectivity index (χ1n) is 9.72. The van der Waals surface area contributed by atoms with Gasteiger partial charge in [0.05, 0.1) is 21.2 Å². The molecule has 2 aromatic carbocycles. The standard InChI is InChI=1S/C22H17Cl2N3O5/c1-26(20(30)12-3-5-15(23)16(24)9-12)10-11-2-4-13-14(8-11)22(32)27(21(13)31)17-6-7-18(28)25-19(17)29/h2-5,8-9,17H,6-7,10H2,1H3,(H,25,28,29). The average molecular weight is 474 g/mol. The lowest BCUT2D eigenvalue weighted by Crippen LogP contribution is -2.54. The van der Waals surface area contributed by atoms with Crippen molar-refractivity contribution in [3.8, 4) is 0 Å². The Hall–Kier alpha value is -3.23. The minimum absolute atomic E-state index is 0.0523. The number of nitrogens with one attached hydrogen (secondary N) is 1. The third-order valence-corrected chi connectivity index (χ3v) is 6.18. The summed E-state index contributed by atoms with van der Waals surface area (Å²) in [6.07, 6.45) is 0.139. The molecule has 2 aromatic rings. The monoisotopic (exact) mass is 473 g/mol. The molecule has 0 aromatic heterocycles. The van der Waals surface area contributed by atoms with E-state index in [1.165, 1.54) is 23.1 Å². The van der Waals surface area contributed by atoms with Crippen LogP contribution in [0.3, 0.4) is 0 Å². The van der Waals surface area contributed by atoms with Gasteiger partial charge in [-0.05, 0) is 42.3 Å². The third-order valence-electron chi connectivity index (χ3n) is 5.44. The van der Waals surface area contributed by atoms with E-state index in [-0.39, 0.29) is 41.4 Å². The summed E-state index contributed by atoms with van der Waals surface area (Å²) in [5, 5.41) is 2.77. The second-order valence-corrected chi connectivity index (χ2v) is 8.43. The smallest absolute Gasteiger partial charge is 0.262 e. The average Bonchev–Trinajstić information content (AvgIpc) is 2.99. The van der Waals surface area contributed by atoms with Crippen LogP contribution in [0.1, 0.15) is 49.5 Å². The Morgan fingerprint density at radius 2 is 1.75 bits per heavy atom. The maximum Gasteiger partial charge on any atom is 0.262 e. The van der Waals surface area contributed by atoms with Crippen LogP contribution in [0.15, 0.2) is 36.4 Å². The number of nitrogens with zero attached hydrogens (tertiary/aromatic N) is 2. The normalized spacial score (nSPS) is 18.0. The Bertz CT molecular complexity index is 1200. The van der Waals surface area contributed by atoms with Crippen molar-refractivity contribution in [3.05, 3.63) is 68.7 Å². The molecule has 0 spiro atoms. The first-order valence-corrected chi connectivity index (χ1v) is 10.5. The van der Waals surface area contributed by atoms with Gasteiger partial charge < -0.3 is 4.90 Å². The zero-order chi connectivity index (χ0) is 23.2. The van der Waals surface area contributed by atoms with E-state index in [0.29, 0.717) is 16.1 Å². The van der Waals surface area contributed by atoms with Gasteiger partial charge in [-0.25, -0.2) is 0 Å². The fourth-order valence-corrected chi connectivity index (χ4v) is 4.11. The van der Waals surface area contributed by atoms with Gasteiger partial charge in [0.2, 0.25) is 11.8 Å². The molecule has 2 aliphatic heterocycles. The van der Waals surface area contributed by atoms with E-state index in [4.69, 9.17) is 23.2 Å². The molecule has 1 saturated heterocycles. The highest BCUT2D eigenvalue weighted by Gasteiger charge is 2.44. The Kier molecular flexibility index (Phi) is 5.75. The highest BCUT2D eigenvalue weighted by molar-refractivity contribution is 6.42. The van der Waals surface area contributed by atoms with Crippen molar-refractivity contribution in [2.24, 2.45) is 0 Å². The highest BCUT2D eigenvalue weighted by Crippen LogP contribution is 2.29. The molecule has 5 amide bonds. The van der Waals surface area contributed by atoms with Gasteiger partial charge in [-0.2, -0.15) is 0 Å². The molecule has 1 atom stereocenters. The van der Waals surface area contributed by atoms with Gasteiger partial charge in [0.1, 0.15) is 6.04 Å². The minimum Gasteiger partial charge on any atom is -0.337 e. The van der Waals surface area contributed by atoms with Crippen LogP contribution in [-0.4, -0.2) is 52.4 Å². The lowest BCUT2D eigenvalue weighted by molar-refractivity contribution is -0.136. The zero-order valence-electron chi connectivity index (χ0n) is 16.9. The number of amides is 5. The SMILES string of the molecule is CN(Cc1ccc2c(c1)C(=O)N(C1CCC(=O)NC1=O)C2=O)C(=O)c1ccc(Cl)c(Cl)c1. The number of halogens is 2. The third kappa shape index (κ3) is 3.87. The molecule has 164 valence electrons. The van der Waals surface area contributed by atoms with E-state index in [2.05, 4.69) is 5.32 Å². The molecule has 0 saturated carbocycles. The molecule has 0 aliphatic carbocycles. The highest BCUT2D eigenvalue weighted by atomic mass is 35.5. The second kappa shape index (κ2) is 8.37. The van der Waals surface area contributed by atoms with Gasteiger partial charge in [-0.1, -0.05) is 29.3 Å². The van der Waals surface area contributed by atoms with E-state index in [0.717, 1.165) is 4.90 Å². The van der Waals surface area contributed by atoms with E-state index >= 15 is 0 Å². The summed E-state index contributed by atoms with van der Waals surface area (Å²) in [6, 6.07) is 8.25. The maximum absolute atomic E-state index is 12.9. The molecule has 10 heteroatoms. The number of fused-ring (bicyclic) bond motifs is 1. The van der Waals surface area contributed by atoms with Crippen LogP contribution >= 0.6 is 23.2 Å². The first kappa shape index (κ1) is 22.0. The van der Waals surface area contributed by atoms with Gasteiger partial charge in [-0.3, -0.25) is 34.2 Å². The summed E-state index contributed by atoms with van der Waals surface area (Å²) in [5.74, 6) is -2.56. The Morgan fingerprint density at radius 3 is 2.44 bits per heavy atom. The predicted molar refractivity (Wildman–Crippen MR) is 115 cm³/mol. The fraction of sp³-hybridized carbons (Fsp3) is 0.227. The van der Waals surface area contributed by atoms with Crippen LogP contribution in [0.25, 0.3) is 0 Å². The van der Waals surface area contributed by atoms with Crippen molar-refractivity contribution in [3.63, 3.8) is 0 Å². The number of piperidine rings is 1. The van der Waals surface area contributed by atoms with Gasteiger partial charge >= 0.3 is 0 Å². The summed E-state index contributed by atoms with van der Waals surface area (Å²) < 4.78 is 0. The van der Waals surface area contributed by atoms with Gasteiger partial charge in [0.15, 0.2) is 0 Å². The number of hydrogen-bond donors (Lipinski definition) is 1. The van der Waals surface area contributed by atoms with Crippen LogP contribution in [0.4, 0.5) is 0 Å². The molecule has 0 radical (unpaired) electrons. The quantitative estimate of drug-likeness (QED) is 0.687. The maximum atomic E-state index is 12.9. The van der Waals surface area contributed by atoms with E-state index in [1.807, 2.05) is 0 Å². The van der Waals surface area contributed by atoms with Crippen LogP contribution in [0.5, 0.6) is 0 Å². The second-order valence-electron chi connectivity index (χ2n) is 7.62. The van der Waals surface area contributed by atoms with Crippen molar-refractivity contribution in [2.45, 2.75) is 25.4 Å². The number of imide groups is 2. The molecule has 8 nitrogen and oxygen atoms in total. The van der Waals surface area contributed by atoms with Crippen LogP contribution in [0.2, 0.25) is 10.0 Å². The topological polar surface area (TPSA) is 104 Å². The van der Waals surface area contributed by atoms with Crippen molar-refractivity contribution in [1.29, 1.82) is 0 Å². The van der Waals surface area contributed by atoms with Crippen molar-refractivity contribution < 1.29 is 24.0 Å². The van der Waals surface area contributed by atoms with E-state index < -0.39 is 29.7 Å². The molecule has 2 aliphatic rings. The summed E-state index contributed by atoms with van der Waals surface area (Å²) in [5.41, 5.74) is 1.33. The van der Waals surface area contributed by atoms with Gasteiger partial charge in [-0.15, -0.1) is 0 Å². The molecular weight excluding hydrogens is 457 g/mol. The molecule has 0 bridgehead atoms. The fourth-order valence-electron chi connectivity index (χ4n) is 3.81. The first-order chi connectivity index (χ1) is 15.2. The van der Waals surface area contributed by atoms with E-state index in [1.54, 1.807) is 25.2 Å². The number of carbonyl (C=O) groups is 5. The van der Waals surface area contributed by atoms with Gasteiger partial charge in [0.25, 0.3) is 17.7 Å². The molecule has 1 fully saturated rings. The lowest BCUT2D eigenvalue weighted by atomic mass is 10.0. The molecule has 32 heavy (non-hydrogen) atoms. The molecule has 1 N–H and O–H groups in total. The molecule has 4 rings (SSSR count). The molecule has 2 heterocycles. The van der Waals surface area contributed by atoms with Crippen LogP contribution in [-0.2, 0) is 16.1 Å². The van der Waals surface area contributed by atoms with Crippen molar-refractivity contribution in [1.82, 2.24) is 15.1 Å². The lowest BCUT2D eigenvalue weighted by Gasteiger charge is -2.27.